The average Bonchev–Trinajstić information content (AvgIpc) is 3.37. The number of hydrogen-bond donors (Lipinski definition) is 1. The fourth-order valence-electron chi connectivity index (χ4n) is 2.73. The van der Waals surface area contributed by atoms with E-state index in [0.29, 0.717) is 18.1 Å². The van der Waals surface area contributed by atoms with Crippen molar-refractivity contribution in [3.63, 3.8) is 0 Å². The summed E-state index contributed by atoms with van der Waals surface area (Å²) in [5.74, 6) is 1.69. The van der Waals surface area contributed by atoms with Gasteiger partial charge < -0.3 is 14.3 Å². The molecule has 0 bridgehead atoms. The molecule has 1 amide bonds. The highest BCUT2D eigenvalue weighted by molar-refractivity contribution is 7.21. The number of carbonyl (C=O) groups excluding carboxylic acids is 1. The van der Waals surface area contributed by atoms with E-state index in [1.54, 1.807) is 29.7 Å². The van der Waals surface area contributed by atoms with Crippen molar-refractivity contribution in [2.24, 2.45) is 0 Å². The molecule has 3 aromatic heterocycles. The summed E-state index contributed by atoms with van der Waals surface area (Å²) >= 11 is 1.55. The summed E-state index contributed by atoms with van der Waals surface area (Å²) in [6.07, 6.45) is 4.54. The number of carbonyl (C=O) groups is 1. The molecule has 0 saturated carbocycles. The van der Waals surface area contributed by atoms with Gasteiger partial charge in [-0.15, -0.1) is 11.3 Å². The second kappa shape index (κ2) is 7.13. The van der Waals surface area contributed by atoms with Crippen molar-refractivity contribution in [2.45, 2.75) is 19.9 Å². The first kappa shape index (κ1) is 16.5. The second-order valence-electron chi connectivity index (χ2n) is 5.93. The molecule has 0 saturated heterocycles. The lowest BCUT2D eigenvalue weighted by molar-refractivity contribution is 0.0926. The highest BCUT2D eigenvalue weighted by Crippen LogP contribution is 2.31. The summed E-state index contributed by atoms with van der Waals surface area (Å²) in [5.41, 5.74) is 0.935. The lowest BCUT2D eigenvalue weighted by atomic mass is 10.3. The molecule has 0 spiro atoms. The van der Waals surface area contributed by atoms with E-state index < -0.39 is 0 Å². The first-order chi connectivity index (χ1) is 12.7. The predicted octanol–water partition coefficient (Wildman–Crippen LogP) is 3.88. The van der Waals surface area contributed by atoms with Gasteiger partial charge in [0.25, 0.3) is 5.91 Å². The Hall–Kier alpha value is -2.93. The zero-order chi connectivity index (χ0) is 17.9. The van der Waals surface area contributed by atoms with Crippen LogP contribution in [0.1, 0.15) is 22.8 Å². The summed E-state index contributed by atoms with van der Waals surface area (Å²) in [6.45, 7) is 3.36. The fourth-order valence-corrected chi connectivity index (χ4v) is 3.66. The average molecular weight is 366 g/mol. The van der Waals surface area contributed by atoms with Crippen LogP contribution in [0.5, 0.6) is 0 Å². The molecule has 1 aromatic carbocycles. The van der Waals surface area contributed by atoms with Gasteiger partial charge in [0.05, 0.1) is 10.2 Å². The van der Waals surface area contributed by atoms with E-state index in [0.717, 1.165) is 34.0 Å². The van der Waals surface area contributed by atoms with Crippen molar-refractivity contribution in [3.8, 4) is 10.8 Å². The van der Waals surface area contributed by atoms with E-state index >= 15 is 0 Å². The Morgan fingerprint density at radius 1 is 1.27 bits per heavy atom. The zero-order valence-corrected chi connectivity index (χ0v) is 15.1. The van der Waals surface area contributed by atoms with Crippen LogP contribution >= 0.6 is 11.3 Å². The monoisotopic (exact) mass is 366 g/mol. The Kier molecular flexibility index (Phi) is 4.53. The topological polar surface area (TPSA) is 73.0 Å². The molecule has 0 aliphatic heterocycles. The molecule has 7 heteroatoms. The van der Waals surface area contributed by atoms with Crippen molar-refractivity contribution in [2.75, 3.05) is 6.54 Å². The normalized spacial score (nSPS) is 11.1. The minimum absolute atomic E-state index is 0.209. The number of aryl methyl sites for hydroxylation is 2. The third-order valence-corrected chi connectivity index (χ3v) is 5.17. The molecule has 132 valence electrons. The van der Waals surface area contributed by atoms with Gasteiger partial charge in [-0.05, 0) is 37.6 Å². The van der Waals surface area contributed by atoms with E-state index in [2.05, 4.69) is 19.9 Å². The maximum absolute atomic E-state index is 12.2. The van der Waals surface area contributed by atoms with Crippen LogP contribution in [0, 0.1) is 6.92 Å². The lowest BCUT2D eigenvalue weighted by Gasteiger charge is -2.05. The molecular formula is C19H18N4O2S. The summed E-state index contributed by atoms with van der Waals surface area (Å²) in [5, 5.41) is 3.67. The second-order valence-corrected chi connectivity index (χ2v) is 6.96. The maximum atomic E-state index is 12.2. The predicted molar refractivity (Wildman–Crippen MR) is 101 cm³/mol. The van der Waals surface area contributed by atoms with Crippen LogP contribution in [0.25, 0.3) is 21.0 Å². The summed E-state index contributed by atoms with van der Waals surface area (Å²) in [6, 6.07) is 11.4. The standard InChI is InChI=1S/C19H18N4O2S/c1-13-20-10-12-23(13)11-4-9-21-18(24)15-7-8-16(25-15)19-22-14-5-2-3-6-17(14)26-19/h2-3,5-8,10,12H,4,9,11H2,1H3,(H,21,24). The number of nitrogens with one attached hydrogen (secondary N) is 1. The van der Waals surface area contributed by atoms with Crippen LogP contribution in [0.15, 0.2) is 53.2 Å². The maximum Gasteiger partial charge on any atom is 0.287 e. The lowest BCUT2D eigenvalue weighted by Crippen LogP contribution is -2.24. The van der Waals surface area contributed by atoms with E-state index in [1.165, 1.54) is 0 Å². The summed E-state index contributed by atoms with van der Waals surface area (Å²) in [7, 11) is 0. The first-order valence-corrected chi connectivity index (χ1v) is 9.24. The highest BCUT2D eigenvalue weighted by Gasteiger charge is 2.14. The number of imidazole rings is 1. The van der Waals surface area contributed by atoms with Crippen LogP contribution in [-0.4, -0.2) is 27.0 Å². The van der Waals surface area contributed by atoms with Gasteiger partial charge >= 0.3 is 0 Å². The molecule has 0 unspecified atom stereocenters. The van der Waals surface area contributed by atoms with Crippen molar-refractivity contribution < 1.29 is 9.21 Å². The molecule has 26 heavy (non-hydrogen) atoms. The van der Waals surface area contributed by atoms with Crippen LogP contribution in [-0.2, 0) is 6.54 Å². The number of rotatable bonds is 6. The minimum Gasteiger partial charge on any atom is -0.448 e. The summed E-state index contributed by atoms with van der Waals surface area (Å²) in [4.78, 5) is 21.0. The van der Waals surface area contributed by atoms with E-state index in [1.807, 2.05) is 37.4 Å². The number of aromatic nitrogens is 3. The molecule has 0 aliphatic rings. The van der Waals surface area contributed by atoms with Gasteiger partial charge in [-0.2, -0.15) is 0 Å². The molecule has 1 N–H and O–H groups in total. The van der Waals surface area contributed by atoms with Gasteiger partial charge in [0, 0.05) is 25.5 Å². The van der Waals surface area contributed by atoms with Gasteiger partial charge in [0.2, 0.25) is 0 Å². The van der Waals surface area contributed by atoms with Gasteiger partial charge in [0.15, 0.2) is 16.5 Å². The Bertz CT molecular complexity index is 1010. The number of fused-ring (bicyclic) bond motifs is 1. The molecule has 4 rings (SSSR count). The van der Waals surface area contributed by atoms with Crippen molar-refractivity contribution in [1.29, 1.82) is 0 Å². The number of amides is 1. The number of para-hydroxylation sites is 1. The molecule has 0 atom stereocenters. The fraction of sp³-hybridized carbons (Fsp3) is 0.211. The van der Waals surface area contributed by atoms with E-state index in [4.69, 9.17) is 4.42 Å². The van der Waals surface area contributed by atoms with Crippen molar-refractivity contribution >= 4 is 27.5 Å². The molecule has 3 heterocycles. The first-order valence-electron chi connectivity index (χ1n) is 8.42. The Morgan fingerprint density at radius 2 is 2.15 bits per heavy atom. The Morgan fingerprint density at radius 3 is 2.96 bits per heavy atom. The smallest absolute Gasteiger partial charge is 0.287 e. The number of thiazole rings is 1. The Balaban J connectivity index is 1.36. The minimum atomic E-state index is -0.209. The third-order valence-electron chi connectivity index (χ3n) is 4.12. The molecule has 0 radical (unpaired) electrons. The summed E-state index contributed by atoms with van der Waals surface area (Å²) < 4.78 is 8.86. The Labute approximate surface area is 154 Å². The number of benzene rings is 1. The van der Waals surface area contributed by atoms with Gasteiger partial charge in [0.1, 0.15) is 5.82 Å². The van der Waals surface area contributed by atoms with E-state index in [-0.39, 0.29) is 5.91 Å². The molecule has 6 nitrogen and oxygen atoms in total. The van der Waals surface area contributed by atoms with Crippen LogP contribution in [0.2, 0.25) is 0 Å². The number of nitrogens with zero attached hydrogens (tertiary/aromatic N) is 3. The van der Waals surface area contributed by atoms with Crippen molar-refractivity contribution in [3.05, 3.63) is 60.4 Å². The molecule has 0 aliphatic carbocycles. The SMILES string of the molecule is Cc1nccn1CCCNC(=O)c1ccc(-c2nc3ccccc3s2)o1. The van der Waals surface area contributed by atoms with Gasteiger partial charge in [-0.1, -0.05) is 12.1 Å². The molecule has 4 aromatic rings. The van der Waals surface area contributed by atoms with Crippen LogP contribution < -0.4 is 5.32 Å². The van der Waals surface area contributed by atoms with E-state index in [9.17, 15) is 4.79 Å². The molecular weight excluding hydrogens is 348 g/mol. The zero-order valence-electron chi connectivity index (χ0n) is 14.3. The van der Waals surface area contributed by atoms with Gasteiger partial charge in [-0.25, -0.2) is 9.97 Å². The molecule has 0 fully saturated rings. The highest BCUT2D eigenvalue weighted by atomic mass is 32.1. The van der Waals surface area contributed by atoms with Crippen molar-refractivity contribution in [1.82, 2.24) is 19.9 Å². The van der Waals surface area contributed by atoms with Gasteiger partial charge in [-0.3, -0.25) is 4.79 Å². The third kappa shape index (κ3) is 3.39. The van der Waals surface area contributed by atoms with Crippen LogP contribution in [0.3, 0.4) is 0 Å². The van der Waals surface area contributed by atoms with Crippen LogP contribution in [0.4, 0.5) is 0 Å². The number of furan rings is 1. The quantitative estimate of drug-likeness (QED) is 0.526. The number of hydrogen-bond acceptors (Lipinski definition) is 5. The largest absolute Gasteiger partial charge is 0.448 e.